The quantitative estimate of drug-likeness (QED) is 0.838. The van der Waals surface area contributed by atoms with Crippen LogP contribution in [0.25, 0.3) is 0 Å². The summed E-state index contributed by atoms with van der Waals surface area (Å²) >= 11 is 0. The van der Waals surface area contributed by atoms with Crippen molar-refractivity contribution < 1.29 is 9.90 Å². The van der Waals surface area contributed by atoms with Crippen LogP contribution in [0.4, 0.5) is 5.82 Å². The minimum absolute atomic E-state index is 0.0211. The van der Waals surface area contributed by atoms with Gasteiger partial charge in [-0.05, 0) is 38.3 Å². The minimum Gasteiger partial charge on any atom is -0.393 e. The first-order valence-corrected chi connectivity index (χ1v) is 6.28. The lowest BCUT2D eigenvalue weighted by atomic mass is 10.1. The number of anilines is 1. The fraction of sp³-hybridized carbons (Fsp3) is 0.538. The molecule has 1 aliphatic heterocycles. The zero-order valence-electron chi connectivity index (χ0n) is 10.5. The van der Waals surface area contributed by atoms with Crippen LogP contribution in [0.2, 0.25) is 0 Å². The van der Waals surface area contributed by atoms with Gasteiger partial charge in [-0.3, -0.25) is 4.79 Å². The maximum absolute atomic E-state index is 12.4. The van der Waals surface area contributed by atoms with E-state index in [0.717, 1.165) is 19.4 Å². The normalized spacial score (nSPS) is 21.0. The third kappa shape index (κ3) is 2.79. The van der Waals surface area contributed by atoms with Crippen molar-refractivity contribution >= 4 is 11.7 Å². The van der Waals surface area contributed by atoms with E-state index in [0.29, 0.717) is 17.8 Å². The van der Waals surface area contributed by atoms with Crippen molar-refractivity contribution in [1.29, 1.82) is 0 Å². The Bertz CT molecular complexity index is 434. The van der Waals surface area contributed by atoms with Gasteiger partial charge in [-0.2, -0.15) is 0 Å². The third-order valence-corrected chi connectivity index (χ3v) is 3.28. The number of likely N-dealkylation sites (tertiary alicyclic amines) is 1. The fourth-order valence-electron chi connectivity index (χ4n) is 2.49. The van der Waals surface area contributed by atoms with Gasteiger partial charge >= 0.3 is 0 Å². The van der Waals surface area contributed by atoms with E-state index < -0.39 is 0 Å². The Morgan fingerprint density at radius 3 is 3.17 bits per heavy atom. The molecule has 1 amide bonds. The lowest BCUT2D eigenvalue weighted by Crippen LogP contribution is -2.37. The van der Waals surface area contributed by atoms with Crippen molar-refractivity contribution in [2.24, 2.45) is 0 Å². The standard InChI is InChI=1S/C13H19N3O2/c1-9(17)7-11-3-2-6-16(11)13(18)10-4-5-15-12(14)8-10/h4-5,8-9,11,17H,2-3,6-7H2,1H3,(H2,14,15). The molecule has 98 valence electrons. The van der Waals surface area contributed by atoms with Gasteiger partial charge in [0.2, 0.25) is 0 Å². The molecule has 18 heavy (non-hydrogen) atoms. The number of aliphatic hydroxyl groups is 1. The van der Waals surface area contributed by atoms with E-state index in [-0.39, 0.29) is 18.1 Å². The molecule has 2 atom stereocenters. The number of nitrogens with zero attached hydrogens (tertiary/aromatic N) is 2. The van der Waals surface area contributed by atoms with Crippen LogP contribution in [-0.4, -0.2) is 39.6 Å². The number of aliphatic hydroxyl groups excluding tert-OH is 1. The molecular weight excluding hydrogens is 230 g/mol. The van der Waals surface area contributed by atoms with Crippen LogP contribution >= 0.6 is 0 Å². The molecule has 1 aromatic heterocycles. The molecule has 3 N–H and O–H groups in total. The van der Waals surface area contributed by atoms with E-state index in [9.17, 15) is 9.90 Å². The van der Waals surface area contributed by atoms with Crippen LogP contribution in [0.15, 0.2) is 18.3 Å². The van der Waals surface area contributed by atoms with Gasteiger partial charge in [0.05, 0.1) is 6.10 Å². The number of nitrogen functional groups attached to an aromatic ring is 1. The lowest BCUT2D eigenvalue weighted by Gasteiger charge is -2.25. The topological polar surface area (TPSA) is 79.5 Å². The largest absolute Gasteiger partial charge is 0.393 e. The maximum atomic E-state index is 12.4. The SMILES string of the molecule is CC(O)CC1CCCN1C(=O)c1ccnc(N)c1. The Kier molecular flexibility index (Phi) is 3.81. The number of aromatic nitrogens is 1. The van der Waals surface area contributed by atoms with E-state index in [1.54, 1.807) is 25.3 Å². The number of hydrogen-bond donors (Lipinski definition) is 2. The van der Waals surface area contributed by atoms with Gasteiger partial charge in [-0.25, -0.2) is 4.98 Å². The summed E-state index contributed by atoms with van der Waals surface area (Å²) in [7, 11) is 0. The minimum atomic E-state index is -0.383. The van der Waals surface area contributed by atoms with Crippen molar-refractivity contribution in [2.75, 3.05) is 12.3 Å². The maximum Gasteiger partial charge on any atom is 0.254 e. The van der Waals surface area contributed by atoms with Gasteiger partial charge in [0.15, 0.2) is 0 Å². The van der Waals surface area contributed by atoms with Gasteiger partial charge in [0, 0.05) is 24.3 Å². The number of carbonyl (C=O) groups is 1. The van der Waals surface area contributed by atoms with Gasteiger partial charge in [-0.1, -0.05) is 0 Å². The molecule has 0 saturated carbocycles. The fourth-order valence-corrected chi connectivity index (χ4v) is 2.49. The van der Waals surface area contributed by atoms with Crippen LogP contribution in [0.1, 0.15) is 36.5 Å². The molecule has 1 aromatic rings. The molecule has 2 unspecified atom stereocenters. The van der Waals surface area contributed by atoms with Crippen LogP contribution in [0, 0.1) is 0 Å². The number of amides is 1. The number of carbonyl (C=O) groups excluding carboxylic acids is 1. The Balaban J connectivity index is 2.12. The smallest absolute Gasteiger partial charge is 0.254 e. The summed E-state index contributed by atoms with van der Waals surface area (Å²) in [6.07, 6.45) is 3.74. The lowest BCUT2D eigenvalue weighted by molar-refractivity contribution is 0.0682. The summed E-state index contributed by atoms with van der Waals surface area (Å²) in [6.45, 7) is 2.50. The molecule has 0 radical (unpaired) electrons. The highest BCUT2D eigenvalue weighted by molar-refractivity contribution is 5.95. The summed E-state index contributed by atoms with van der Waals surface area (Å²) in [6, 6.07) is 3.41. The predicted octanol–water partition coefficient (Wildman–Crippen LogP) is 1.04. The highest BCUT2D eigenvalue weighted by Crippen LogP contribution is 2.23. The Hall–Kier alpha value is -1.62. The average molecular weight is 249 g/mol. The summed E-state index contributed by atoms with van der Waals surface area (Å²) < 4.78 is 0. The van der Waals surface area contributed by atoms with E-state index in [1.807, 2.05) is 4.90 Å². The van der Waals surface area contributed by atoms with Crippen molar-refractivity contribution in [1.82, 2.24) is 9.88 Å². The summed E-state index contributed by atoms with van der Waals surface area (Å²) in [5, 5.41) is 9.46. The van der Waals surface area contributed by atoms with E-state index in [4.69, 9.17) is 5.73 Å². The van der Waals surface area contributed by atoms with Gasteiger partial charge in [-0.15, -0.1) is 0 Å². The number of hydrogen-bond acceptors (Lipinski definition) is 4. The molecule has 0 aromatic carbocycles. The predicted molar refractivity (Wildman–Crippen MR) is 69.0 cm³/mol. The summed E-state index contributed by atoms with van der Waals surface area (Å²) in [5.74, 6) is 0.333. The number of rotatable bonds is 3. The van der Waals surface area contributed by atoms with Crippen LogP contribution in [0.3, 0.4) is 0 Å². The Labute approximate surface area is 107 Å². The van der Waals surface area contributed by atoms with E-state index in [2.05, 4.69) is 4.98 Å². The van der Waals surface area contributed by atoms with Crippen molar-refractivity contribution in [2.45, 2.75) is 38.3 Å². The van der Waals surface area contributed by atoms with Crippen molar-refractivity contribution in [3.63, 3.8) is 0 Å². The molecule has 2 rings (SSSR count). The van der Waals surface area contributed by atoms with E-state index in [1.165, 1.54) is 0 Å². The van der Waals surface area contributed by atoms with Crippen LogP contribution in [-0.2, 0) is 0 Å². The summed E-state index contributed by atoms with van der Waals surface area (Å²) in [4.78, 5) is 18.1. The zero-order chi connectivity index (χ0) is 13.1. The first kappa shape index (κ1) is 12.8. The molecule has 0 aliphatic carbocycles. The van der Waals surface area contributed by atoms with Crippen molar-refractivity contribution in [3.8, 4) is 0 Å². The van der Waals surface area contributed by atoms with Crippen molar-refractivity contribution in [3.05, 3.63) is 23.9 Å². The molecule has 1 aliphatic rings. The second kappa shape index (κ2) is 5.35. The molecule has 1 fully saturated rings. The Morgan fingerprint density at radius 2 is 2.50 bits per heavy atom. The highest BCUT2D eigenvalue weighted by atomic mass is 16.3. The van der Waals surface area contributed by atoms with Gasteiger partial charge < -0.3 is 15.7 Å². The summed E-state index contributed by atoms with van der Waals surface area (Å²) in [5.41, 5.74) is 6.16. The van der Waals surface area contributed by atoms with Crippen LogP contribution < -0.4 is 5.73 Å². The molecule has 5 nitrogen and oxygen atoms in total. The first-order chi connectivity index (χ1) is 8.58. The first-order valence-electron chi connectivity index (χ1n) is 6.28. The molecule has 1 saturated heterocycles. The molecule has 0 spiro atoms. The van der Waals surface area contributed by atoms with Gasteiger partial charge in [0.1, 0.15) is 5.82 Å². The molecule has 5 heteroatoms. The molecular formula is C13H19N3O2. The number of pyridine rings is 1. The third-order valence-electron chi connectivity index (χ3n) is 3.28. The monoisotopic (exact) mass is 249 g/mol. The van der Waals surface area contributed by atoms with Crippen LogP contribution in [0.5, 0.6) is 0 Å². The molecule has 0 bridgehead atoms. The second-order valence-corrected chi connectivity index (χ2v) is 4.85. The van der Waals surface area contributed by atoms with E-state index >= 15 is 0 Å². The number of nitrogens with two attached hydrogens (primary N) is 1. The second-order valence-electron chi connectivity index (χ2n) is 4.85. The highest BCUT2D eigenvalue weighted by Gasteiger charge is 2.30. The van der Waals surface area contributed by atoms with Gasteiger partial charge in [0.25, 0.3) is 5.91 Å². The zero-order valence-corrected chi connectivity index (χ0v) is 10.5. The Morgan fingerprint density at radius 1 is 1.72 bits per heavy atom. The molecule has 2 heterocycles. The average Bonchev–Trinajstić information content (AvgIpc) is 2.75.